The number of benzene rings is 2. The third kappa shape index (κ3) is 4.55. The Kier molecular flexibility index (Phi) is 6.46. The van der Waals surface area contributed by atoms with Crippen molar-refractivity contribution in [3.8, 4) is 22.4 Å². The molecule has 2 aromatic carbocycles. The lowest BCUT2D eigenvalue weighted by Gasteiger charge is -2.16. The summed E-state index contributed by atoms with van der Waals surface area (Å²) in [7, 11) is 0. The number of ketones is 1. The first-order valence-corrected chi connectivity index (χ1v) is 9.41. The minimum absolute atomic E-state index is 0.00150. The Balaban J connectivity index is 2.33. The van der Waals surface area contributed by atoms with Gasteiger partial charge in [0.15, 0.2) is 5.78 Å². The molecule has 0 unspecified atom stereocenters. The molecule has 6 nitrogen and oxygen atoms in total. The minimum Gasteiger partial charge on any atom is -0.466 e. The molecule has 0 aliphatic carbocycles. The minimum atomic E-state index is -0.560. The van der Waals surface area contributed by atoms with Gasteiger partial charge in [0.25, 0.3) is 12.0 Å². The fourth-order valence-corrected chi connectivity index (χ4v) is 3.20. The Morgan fingerprint density at radius 1 is 1.03 bits per heavy atom. The van der Waals surface area contributed by atoms with E-state index in [1.807, 2.05) is 0 Å². The smallest absolute Gasteiger partial charge is 0.293 e. The SMILES string of the molecule is CC(=O)c1c(-c2ccc(Cl)cc2)c(-c2ccc(Cl)cc2)nn(CCOC=O)c1=O. The number of halogens is 2. The molecule has 3 rings (SSSR count). The molecule has 0 atom stereocenters. The summed E-state index contributed by atoms with van der Waals surface area (Å²) >= 11 is 12.0. The van der Waals surface area contributed by atoms with Crippen molar-refractivity contribution in [1.82, 2.24) is 9.78 Å². The highest BCUT2D eigenvalue weighted by Crippen LogP contribution is 2.33. The van der Waals surface area contributed by atoms with Gasteiger partial charge >= 0.3 is 0 Å². The van der Waals surface area contributed by atoms with Crippen LogP contribution in [0.4, 0.5) is 0 Å². The average Bonchev–Trinajstić information content (AvgIpc) is 2.70. The molecular formula is C21H16Cl2N2O4. The third-order valence-electron chi connectivity index (χ3n) is 4.25. The highest BCUT2D eigenvalue weighted by molar-refractivity contribution is 6.31. The number of Topliss-reactive ketones (excluding diaryl/α,β-unsaturated/α-hetero) is 1. The highest BCUT2D eigenvalue weighted by atomic mass is 35.5. The van der Waals surface area contributed by atoms with Crippen LogP contribution in [0.5, 0.6) is 0 Å². The number of carbonyl (C=O) groups is 2. The summed E-state index contributed by atoms with van der Waals surface area (Å²) in [6.07, 6.45) is 0. The number of hydrogen-bond donors (Lipinski definition) is 0. The van der Waals surface area contributed by atoms with E-state index in [0.717, 1.165) is 4.68 Å². The maximum Gasteiger partial charge on any atom is 0.293 e. The molecule has 0 radical (unpaired) electrons. The first kappa shape index (κ1) is 20.8. The zero-order valence-corrected chi connectivity index (χ0v) is 16.9. The van der Waals surface area contributed by atoms with Crippen LogP contribution in [0.15, 0.2) is 53.3 Å². The van der Waals surface area contributed by atoms with E-state index in [1.54, 1.807) is 48.5 Å². The van der Waals surface area contributed by atoms with Crippen LogP contribution in [0.2, 0.25) is 10.0 Å². The van der Waals surface area contributed by atoms with Gasteiger partial charge in [-0.2, -0.15) is 5.10 Å². The van der Waals surface area contributed by atoms with Gasteiger partial charge in [-0.1, -0.05) is 47.5 Å². The van der Waals surface area contributed by atoms with Crippen molar-refractivity contribution < 1.29 is 14.3 Å². The van der Waals surface area contributed by atoms with Gasteiger partial charge in [0.2, 0.25) is 0 Å². The molecule has 148 valence electrons. The van der Waals surface area contributed by atoms with E-state index in [2.05, 4.69) is 9.84 Å². The maximum absolute atomic E-state index is 13.0. The lowest BCUT2D eigenvalue weighted by Crippen LogP contribution is -2.31. The number of aromatic nitrogens is 2. The predicted octanol–water partition coefficient (Wildman–Crippen LogP) is 4.26. The van der Waals surface area contributed by atoms with Gasteiger partial charge in [-0.25, -0.2) is 4.68 Å². The fourth-order valence-electron chi connectivity index (χ4n) is 2.94. The van der Waals surface area contributed by atoms with Crippen molar-refractivity contribution in [3.05, 3.63) is 74.5 Å². The molecule has 29 heavy (non-hydrogen) atoms. The largest absolute Gasteiger partial charge is 0.466 e. The van der Waals surface area contributed by atoms with E-state index in [0.29, 0.717) is 38.9 Å². The van der Waals surface area contributed by atoms with Gasteiger partial charge in [-0.15, -0.1) is 0 Å². The Bertz CT molecular complexity index is 1110. The molecule has 0 aliphatic heterocycles. The van der Waals surface area contributed by atoms with Gasteiger partial charge < -0.3 is 4.74 Å². The molecule has 0 saturated heterocycles. The van der Waals surface area contributed by atoms with E-state index < -0.39 is 11.3 Å². The number of nitrogens with zero attached hydrogens (tertiary/aromatic N) is 2. The highest BCUT2D eigenvalue weighted by Gasteiger charge is 2.23. The second-order valence-corrected chi connectivity index (χ2v) is 7.04. The van der Waals surface area contributed by atoms with Gasteiger partial charge in [0.1, 0.15) is 6.61 Å². The van der Waals surface area contributed by atoms with Crippen LogP contribution >= 0.6 is 23.2 Å². The molecule has 0 N–H and O–H groups in total. The summed E-state index contributed by atoms with van der Waals surface area (Å²) in [5, 5.41) is 5.54. The molecule has 8 heteroatoms. The van der Waals surface area contributed by atoms with Crippen molar-refractivity contribution >= 4 is 35.5 Å². The Morgan fingerprint density at radius 3 is 2.10 bits per heavy atom. The molecule has 0 fully saturated rings. The predicted molar refractivity (Wildman–Crippen MR) is 111 cm³/mol. The third-order valence-corrected chi connectivity index (χ3v) is 4.75. The molecule has 3 aromatic rings. The average molecular weight is 431 g/mol. The van der Waals surface area contributed by atoms with Crippen LogP contribution in [0, 0.1) is 0 Å². The quantitative estimate of drug-likeness (QED) is 0.317. The lowest BCUT2D eigenvalue weighted by molar-refractivity contribution is -0.129. The van der Waals surface area contributed by atoms with Crippen molar-refractivity contribution in [1.29, 1.82) is 0 Å². The Morgan fingerprint density at radius 2 is 1.59 bits per heavy atom. The zero-order valence-electron chi connectivity index (χ0n) is 15.4. The first-order valence-electron chi connectivity index (χ1n) is 8.65. The van der Waals surface area contributed by atoms with E-state index in [-0.39, 0.29) is 18.7 Å². The van der Waals surface area contributed by atoms with Crippen LogP contribution in [0.1, 0.15) is 17.3 Å². The molecule has 1 heterocycles. The molecule has 0 aliphatic rings. The molecule has 0 bridgehead atoms. The van der Waals surface area contributed by atoms with Crippen molar-refractivity contribution in [2.75, 3.05) is 6.61 Å². The molecule has 0 saturated carbocycles. The number of hydrogen-bond acceptors (Lipinski definition) is 5. The second kappa shape index (κ2) is 9.03. The molecular weight excluding hydrogens is 415 g/mol. The lowest BCUT2D eigenvalue weighted by atomic mass is 9.94. The molecule has 1 aromatic heterocycles. The summed E-state index contributed by atoms with van der Waals surface area (Å²) in [6, 6.07) is 13.7. The first-order chi connectivity index (χ1) is 13.9. The number of ether oxygens (including phenoxy) is 1. The van der Waals surface area contributed by atoms with Crippen molar-refractivity contribution in [3.63, 3.8) is 0 Å². The summed E-state index contributed by atoms with van der Waals surface area (Å²) in [5.74, 6) is -0.400. The maximum atomic E-state index is 13.0. The second-order valence-electron chi connectivity index (χ2n) is 6.16. The van der Waals surface area contributed by atoms with Gasteiger partial charge in [0.05, 0.1) is 17.8 Å². The van der Waals surface area contributed by atoms with Crippen LogP contribution < -0.4 is 5.56 Å². The topological polar surface area (TPSA) is 78.3 Å². The number of rotatable bonds is 7. The summed E-state index contributed by atoms with van der Waals surface area (Å²) < 4.78 is 5.81. The van der Waals surface area contributed by atoms with E-state index in [9.17, 15) is 14.4 Å². The van der Waals surface area contributed by atoms with Crippen LogP contribution in [-0.4, -0.2) is 28.6 Å². The van der Waals surface area contributed by atoms with Gasteiger partial charge in [-0.05, 0) is 36.8 Å². The van der Waals surface area contributed by atoms with Gasteiger partial charge in [0, 0.05) is 21.2 Å². The fraction of sp³-hybridized carbons (Fsp3) is 0.143. The summed E-state index contributed by atoms with van der Waals surface area (Å²) in [6.45, 7) is 1.58. The van der Waals surface area contributed by atoms with Crippen LogP contribution in [0.25, 0.3) is 22.4 Å². The summed E-state index contributed by atoms with van der Waals surface area (Å²) in [4.78, 5) is 35.9. The monoisotopic (exact) mass is 430 g/mol. The Hall–Kier alpha value is -2.96. The van der Waals surface area contributed by atoms with E-state index in [4.69, 9.17) is 23.2 Å². The Labute approximate surface area is 176 Å². The standard InChI is InChI=1S/C21H16Cl2N2O4/c1-13(27)18-19(14-2-6-16(22)7-3-14)20(15-4-8-17(23)9-5-15)24-25(21(18)28)10-11-29-12-26/h2-9,12H,10-11H2,1H3. The van der Waals surface area contributed by atoms with Crippen LogP contribution in [-0.2, 0) is 16.1 Å². The summed E-state index contributed by atoms with van der Waals surface area (Å²) in [5.41, 5.74) is 1.58. The zero-order chi connectivity index (χ0) is 21.0. The van der Waals surface area contributed by atoms with Crippen molar-refractivity contribution in [2.45, 2.75) is 13.5 Å². The van der Waals surface area contributed by atoms with Gasteiger partial charge in [-0.3, -0.25) is 14.4 Å². The normalized spacial score (nSPS) is 10.6. The van der Waals surface area contributed by atoms with Crippen molar-refractivity contribution in [2.24, 2.45) is 0 Å². The number of carbonyl (C=O) groups excluding carboxylic acids is 2. The molecule has 0 amide bonds. The van der Waals surface area contributed by atoms with Crippen LogP contribution in [0.3, 0.4) is 0 Å². The van der Waals surface area contributed by atoms with E-state index >= 15 is 0 Å². The van der Waals surface area contributed by atoms with E-state index in [1.165, 1.54) is 6.92 Å². The molecule has 0 spiro atoms.